The second-order valence-electron chi connectivity index (χ2n) is 7.18. The van der Waals surface area contributed by atoms with E-state index >= 15 is 0 Å². The summed E-state index contributed by atoms with van der Waals surface area (Å²) in [6.07, 6.45) is 0.914. The van der Waals surface area contributed by atoms with E-state index < -0.39 is 0 Å². The van der Waals surface area contributed by atoms with Gasteiger partial charge in [-0.15, -0.1) is 0 Å². The maximum atomic E-state index is 3.74. The Bertz CT molecular complexity index is 887. The van der Waals surface area contributed by atoms with Gasteiger partial charge in [0, 0.05) is 11.4 Å². The molecule has 144 valence electrons. The van der Waals surface area contributed by atoms with Crippen molar-refractivity contribution < 1.29 is 0 Å². The minimum Gasteiger partial charge on any atom is -0.378 e. The number of hydrogen-bond acceptors (Lipinski definition) is 2. The summed E-state index contributed by atoms with van der Waals surface area (Å²) < 4.78 is 0. The van der Waals surface area contributed by atoms with E-state index in [9.17, 15) is 0 Å². The average Bonchev–Trinajstić information content (AvgIpc) is 2.81. The van der Waals surface area contributed by atoms with E-state index in [1.807, 2.05) is 12.1 Å². The van der Waals surface area contributed by atoms with Crippen molar-refractivity contribution in [3.63, 3.8) is 0 Å². The standard InChI is InChI=1S/C27H26N2/c1-5-13-22(14-6-1)26(28-24-17-9-3-10-18-24)21-27(23-15-7-2-8-16-23)29-25-19-11-4-12-20-25/h1-20,26-29H,21H2. The number of para-hydroxylation sites is 2. The van der Waals surface area contributed by atoms with Crippen molar-refractivity contribution in [2.24, 2.45) is 0 Å². The fourth-order valence-electron chi connectivity index (χ4n) is 3.63. The highest BCUT2D eigenvalue weighted by Crippen LogP contribution is 2.32. The van der Waals surface area contributed by atoms with E-state index in [0.29, 0.717) is 0 Å². The number of benzene rings is 4. The molecule has 0 aliphatic heterocycles. The molecule has 4 aromatic rings. The van der Waals surface area contributed by atoms with Crippen molar-refractivity contribution in [3.05, 3.63) is 132 Å². The molecule has 0 aliphatic rings. The number of rotatable bonds is 8. The lowest BCUT2D eigenvalue weighted by molar-refractivity contribution is 0.612. The molecule has 2 atom stereocenters. The van der Waals surface area contributed by atoms with Crippen LogP contribution in [-0.4, -0.2) is 0 Å². The first-order chi connectivity index (χ1) is 14.4. The zero-order chi connectivity index (χ0) is 19.7. The lowest BCUT2D eigenvalue weighted by Crippen LogP contribution is -2.19. The van der Waals surface area contributed by atoms with Gasteiger partial charge in [-0.05, 0) is 41.8 Å². The number of nitrogens with one attached hydrogen (secondary N) is 2. The largest absolute Gasteiger partial charge is 0.378 e. The average molecular weight is 379 g/mol. The van der Waals surface area contributed by atoms with Gasteiger partial charge in [-0.2, -0.15) is 0 Å². The minimum atomic E-state index is 0.181. The minimum absolute atomic E-state index is 0.181. The van der Waals surface area contributed by atoms with Gasteiger partial charge in [0.05, 0.1) is 12.1 Å². The van der Waals surface area contributed by atoms with Gasteiger partial charge >= 0.3 is 0 Å². The molecule has 2 heteroatoms. The van der Waals surface area contributed by atoms with Gasteiger partial charge in [0.1, 0.15) is 0 Å². The van der Waals surface area contributed by atoms with Crippen LogP contribution in [0.4, 0.5) is 11.4 Å². The van der Waals surface area contributed by atoms with E-state index in [4.69, 9.17) is 0 Å². The van der Waals surface area contributed by atoms with Crippen LogP contribution >= 0.6 is 0 Å². The zero-order valence-corrected chi connectivity index (χ0v) is 16.4. The highest BCUT2D eigenvalue weighted by molar-refractivity contribution is 5.48. The van der Waals surface area contributed by atoms with Crippen molar-refractivity contribution in [2.75, 3.05) is 10.6 Å². The van der Waals surface area contributed by atoms with E-state index in [1.54, 1.807) is 0 Å². The van der Waals surface area contributed by atoms with E-state index in [2.05, 4.69) is 120 Å². The monoisotopic (exact) mass is 378 g/mol. The lowest BCUT2D eigenvalue weighted by Gasteiger charge is -2.28. The molecule has 0 bridgehead atoms. The molecule has 0 amide bonds. The fourth-order valence-corrected chi connectivity index (χ4v) is 3.63. The summed E-state index contributed by atoms with van der Waals surface area (Å²) in [5.74, 6) is 0. The second kappa shape index (κ2) is 9.61. The lowest BCUT2D eigenvalue weighted by atomic mass is 9.94. The molecule has 0 radical (unpaired) electrons. The fraction of sp³-hybridized carbons (Fsp3) is 0.111. The molecule has 0 aliphatic carbocycles. The van der Waals surface area contributed by atoms with Crippen molar-refractivity contribution >= 4 is 11.4 Å². The van der Waals surface area contributed by atoms with E-state index in [0.717, 1.165) is 17.8 Å². The van der Waals surface area contributed by atoms with Gasteiger partial charge < -0.3 is 10.6 Å². The molecule has 4 aromatic carbocycles. The Morgan fingerprint density at radius 3 is 1.07 bits per heavy atom. The van der Waals surface area contributed by atoms with Crippen molar-refractivity contribution in [1.29, 1.82) is 0 Å². The molecule has 2 N–H and O–H groups in total. The molecule has 0 spiro atoms. The summed E-state index contributed by atoms with van der Waals surface area (Å²) >= 11 is 0. The van der Waals surface area contributed by atoms with Crippen molar-refractivity contribution in [3.8, 4) is 0 Å². The van der Waals surface area contributed by atoms with Crippen LogP contribution in [0.1, 0.15) is 29.6 Å². The summed E-state index contributed by atoms with van der Waals surface area (Å²) in [7, 11) is 0. The van der Waals surface area contributed by atoms with E-state index in [-0.39, 0.29) is 12.1 Å². The molecule has 0 aromatic heterocycles. The van der Waals surface area contributed by atoms with Crippen LogP contribution in [0.2, 0.25) is 0 Å². The van der Waals surface area contributed by atoms with Crippen LogP contribution in [0.25, 0.3) is 0 Å². The molecule has 0 saturated carbocycles. The zero-order valence-electron chi connectivity index (χ0n) is 16.4. The van der Waals surface area contributed by atoms with Crippen LogP contribution in [0, 0.1) is 0 Å². The first-order valence-corrected chi connectivity index (χ1v) is 10.1. The van der Waals surface area contributed by atoms with Gasteiger partial charge in [-0.1, -0.05) is 97.1 Å². The van der Waals surface area contributed by atoms with Crippen LogP contribution in [0.5, 0.6) is 0 Å². The Labute approximate surface area is 173 Å². The highest BCUT2D eigenvalue weighted by atomic mass is 15.0. The summed E-state index contributed by atoms with van der Waals surface area (Å²) in [5, 5.41) is 7.48. The van der Waals surface area contributed by atoms with Gasteiger partial charge in [-0.3, -0.25) is 0 Å². The normalized spacial score (nSPS) is 12.7. The maximum Gasteiger partial charge on any atom is 0.0536 e. The molecule has 2 unspecified atom stereocenters. The molecule has 0 saturated heterocycles. The van der Waals surface area contributed by atoms with E-state index in [1.165, 1.54) is 11.1 Å². The molecule has 29 heavy (non-hydrogen) atoms. The quantitative estimate of drug-likeness (QED) is 0.342. The number of hydrogen-bond donors (Lipinski definition) is 2. The van der Waals surface area contributed by atoms with Crippen LogP contribution in [-0.2, 0) is 0 Å². The van der Waals surface area contributed by atoms with Crippen molar-refractivity contribution in [1.82, 2.24) is 0 Å². The Morgan fingerprint density at radius 1 is 0.414 bits per heavy atom. The Balaban J connectivity index is 1.64. The molecular formula is C27H26N2. The molecule has 2 nitrogen and oxygen atoms in total. The predicted octanol–water partition coefficient (Wildman–Crippen LogP) is 7.08. The third-order valence-electron chi connectivity index (χ3n) is 5.10. The first kappa shape index (κ1) is 18.8. The first-order valence-electron chi connectivity index (χ1n) is 10.1. The Morgan fingerprint density at radius 2 is 0.724 bits per heavy atom. The SMILES string of the molecule is c1ccc(NC(CC(Nc2ccccc2)c2ccccc2)c2ccccc2)cc1. The van der Waals surface area contributed by atoms with Gasteiger partial charge in [-0.25, -0.2) is 0 Å². The summed E-state index contributed by atoms with van der Waals surface area (Å²) in [5.41, 5.74) is 4.83. The molecule has 0 fully saturated rings. The second-order valence-corrected chi connectivity index (χ2v) is 7.18. The van der Waals surface area contributed by atoms with Gasteiger partial charge in [0.15, 0.2) is 0 Å². The van der Waals surface area contributed by atoms with Crippen LogP contribution < -0.4 is 10.6 Å². The van der Waals surface area contributed by atoms with Crippen LogP contribution in [0.15, 0.2) is 121 Å². The Hall–Kier alpha value is -3.52. The van der Waals surface area contributed by atoms with Crippen LogP contribution in [0.3, 0.4) is 0 Å². The third kappa shape index (κ3) is 5.26. The maximum absolute atomic E-state index is 3.74. The topological polar surface area (TPSA) is 24.1 Å². The van der Waals surface area contributed by atoms with Gasteiger partial charge in [0.2, 0.25) is 0 Å². The summed E-state index contributed by atoms with van der Waals surface area (Å²) in [4.78, 5) is 0. The number of anilines is 2. The summed E-state index contributed by atoms with van der Waals surface area (Å²) in [6.45, 7) is 0. The predicted molar refractivity (Wildman–Crippen MR) is 123 cm³/mol. The van der Waals surface area contributed by atoms with Crippen molar-refractivity contribution in [2.45, 2.75) is 18.5 Å². The molecule has 0 heterocycles. The molecular weight excluding hydrogens is 352 g/mol. The molecule has 4 rings (SSSR count). The summed E-state index contributed by atoms with van der Waals surface area (Å²) in [6, 6.07) is 42.6. The third-order valence-corrected chi connectivity index (χ3v) is 5.10. The highest BCUT2D eigenvalue weighted by Gasteiger charge is 2.20. The smallest absolute Gasteiger partial charge is 0.0536 e. The Kier molecular flexibility index (Phi) is 6.24. The van der Waals surface area contributed by atoms with Gasteiger partial charge in [0.25, 0.3) is 0 Å².